The Morgan fingerprint density at radius 2 is 1.96 bits per heavy atom. The van der Waals surface area contributed by atoms with Gasteiger partial charge in [-0.15, -0.1) is 11.3 Å². The number of benzene rings is 1. The highest BCUT2D eigenvalue weighted by molar-refractivity contribution is 7.20. The highest BCUT2D eigenvalue weighted by Gasteiger charge is 2.28. The third kappa shape index (κ3) is 3.49. The largest absolute Gasteiger partial charge is 0.497 e. The fraction of sp³-hybridized carbons (Fsp3) is 0.409. The van der Waals surface area contributed by atoms with Crippen LogP contribution in [0.2, 0.25) is 0 Å². The van der Waals surface area contributed by atoms with Crippen LogP contribution >= 0.6 is 11.3 Å². The number of nitrogens with zero attached hydrogens (tertiary/aromatic N) is 2. The van der Waals surface area contributed by atoms with Gasteiger partial charge in [-0.2, -0.15) is 0 Å². The molecule has 0 saturated heterocycles. The summed E-state index contributed by atoms with van der Waals surface area (Å²) < 4.78 is 5.23. The number of amides is 1. The van der Waals surface area contributed by atoms with E-state index in [9.17, 15) is 4.79 Å². The number of methoxy groups -OCH3 is 1. The minimum atomic E-state index is -0.0458. The highest BCUT2D eigenvalue weighted by atomic mass is 32.1. The second-order valence-corrected chi connectivity index (χ2v) is 8.38. The van der Waals surface area contributed by atoms with E-state index in [2.05, 4.69) is 17.2 Å². The van der Waals surface area contributed by atoms with Crippen molar-refractivity contribution in [3.8, 4) is 5.75 Å². The number of nitrogens with one attached hydrogen (secondary N) is 1. The van der Waals surface area contributed by atoms with Crippen molar-refractivity contribution in [2.24, 2.45) is 0 Å². The molecule has 0 aliphatic heterocycles. The normalized spacial score (nSPS) is 14.9. The Balaban J connectivity index is 1.62. The molecule has 6 heteroatoms. The van der Waals surface area contributed by atoms with Crippen LogP contribution in [0.25, 0.3) is 10.2 Å². The number of ether oxygens (including phenoxy) is 1. The maximum absolute atomic E-state index is 13.1. The molecule has 146 valence electrons. The molecule has 1 fully saturated rings. The summed E-state index contributed by atoms with van der Waals surface area (Å²) >= 11 is 1.48. The summed E-state index contributed by atoms with van der Waals surface area (Å²) in [5, 5.41) is 4.22. The maximum atomic E-state index is 13.1. The fourth-order valence-corrected chi connectivity index (χ4v) is 4.72. The Bertz CT molecular complexity index is 1020. The molecule has 1 N–H and O–H groups in total. The van der Waals surface area contributed by atoms with Crippen LogP contribution in [-0.4, -0.2) is 23.0 Å². The molecule has 0 radical (unpaired) electrons. The molecule has 1 saturated carbocycles. The summed E-state index contributed by atoms with van der Waals surface area (Å²) in [5.74, 6) is 2.20. The van der Waals surface area contributed by atoms with E-state index < -0.39 is 0 Å². The topological polar surface area (TPSA) is 64.1 Å². The first kappa shape index (κ1) is 18.9. The van der Waals surface area contributed by atoms with Crippen molar-refractivity contribution < 1.29 is 9.53 Å². The average Bonchev–Trinajstić information content (AvgIpc) is 3.49. The van der Waals surface area contributed by atoms with E-state index in [1.807, 2.05) is 38.1 Å². The minimum absolute atomic E-state index is 0.0442. The molecular weight excluding hydrogens is 370 g/mol. The van der Waals surface area contributed by atoms with Crippen molar-refractivity contribution in [3.05, 3.63) is 51.8 Å². The van der Waals surface area contributed by atoms with Gasteiger partial charge in [-0.05, 0) is 56.4 Å². The summed E-state index contributed by atoms with van der Waals surface area (Å²) in [5.41, 5.74) is 3.02. The van der Waals surface area contributed by atoms with Gasteiger partial charge in [0.1, 0.15) is 16.4 Å². The molecule has 2 heterocycles. The first-order chi connectivity index (χ1) is 13.5. The van der Waals surface area contributed by atoms with Crippen molar-refractivity contribution in [1.29, 1.82) is 0 Å². The second kappa shape index (κ2) is 7.51. The zero-order valence-corrected chi connectivity index (χ0v) is 17.5. The number of carbonyl (C=O) groups excluding carboxylic acids is 1. The van der Waals surface area contributed by atoms with E-state index in [0.29, 0.717) is 5.92 Å². The van der Waals surface area contributed by atoms with Gasteiger partial charge in [0.15, 0.2) is 0 Å². The molecule has 1 amide bonds. The van der Waals surface area contributed by atoms with Crippen molar-refractivity contribution in [3.63, 3.8) is 0 Å². The van der Waals surface area contributed by atoms with Crippen LogP contribution in [0.3, 0.4) is 0 Å². The second-order valence-electron chi connectivity index (χ2n) is 7.39. The molecular formula is C22H25N3O2S. The van der Waals surface area contributed by atoms with Crippen molar-refractivity contribution in [2.45, 2.75) is 52.0 Å². The van der Waals surface area contributed by atoms with Gasteiger partial charge in [-0.3, -0.25) is 4.79 Å². The molecule has 0 spiro atoms. The van der Waals surface area contributed by atoms with Gasteiger partial charge in [0.05, 0.1) is 23.7 Å². The van der Waals surface area contributed by atoms with E-state index in [-0.39, 0.29) is 11.9 Å². The van der Waals surface area contributed by atoms with Gasteiger partial charge in [-0.25, -0.2) is 9.97 Å². The molecule has 1 unspecified atom stereocenters. The first-order valence-corrected chi connectivity index (χ1v) is 10.6. The number of carbonyl (C=O) groups is 1. The molecule has 1 aliphatic rings. The molecule has 5 nitrogen and oxygen atoms in total. The lowest BCUT2D eigenvalue weighted by Crippen LogP contribution is -2.27. The Kier molecular flexibility index (Phi) is 5.06. The maximum Gasteiger partial charge on any atom is 0.262 e. The number of hydrogen-bond donors (Lipinski definition) is 1. The van der Waals surface area contributed by atoms with Gasteiger partial charge in [0.25, 0.3) is 5.91 Å². The van der Waals surface area contributed by atoms with Crippen molar-refractivity contribution >= 4 is 27.5 Å². The summed E-state index contributed by atoms with van der Waals surface area (Å²) in [6.07, 6.45) is 3.15. The summed E-state index contributed by atoms with van der Waals surface area (Å²) in [6.45, 7) is 6.09. The standard InChI is InChI=1S/C22H25N3O2S/c1-5-17(14-8-10-16(27-4)11-9-14)24-21(26)19-12(2)18-13(3)23-20(15-6-7-15)25-22(18)28-19/h8-11,15,17H,5-7H2,1-4H3,(H,24,26). The zero-order valence-electron chi connectivity index (χ0n) is 16.7. The van der Waals surface area contributed by atoms with Gasteiger partial charge >= 0.3 is 0 Å². The highest BCUT2D eigenvalue weighted by Crippen LogP contribution is 2.40. The predicted octanol–water partition coefficient (Wildman–Crippen LogP) is 5.08. The lowest BCUT2D eigenvalue weighted by molar-refractivity contribution is 0.0939. The summed E-state index contributed by atoms with van der Waals surface area (Å²) in [6, 6.07) is 7.81. The van der Waals surface area contributed by atoms with Crippen molar-refractivity contribution in [1.82, 2.24) is 15.3 Å². The molecule has 1 atom stereocenters. The molecule has 2 aromatic heterocycles. The summed E-state index contributed by atoms with van der Waals surface area (Å²) in [4.78, 5) is 24.2. The zero-order chi connectivity index (χ0) is 19.8. The molecule has 1 aliphatic carbocycles. The van der Waals surface area contributed by atoms with E-state index in [1.165, 1.54) is 24.2 Å². The van der Waals surface area contributed by atoms with E-state index in [1.54, 1.807) is 7.11 Å². The van der Waals surface area contributed by atoms with E-state index >= 15 is 0 Å². The molecule has 1 aromatic carbocycles. The van der Waals surface area contributed by atoms with Crippen LogP contribution in [0.1, 0.15) is 70.5 Å². The number of aromatic nitrogens is 2. The number of thiophene rings is 1. The Morgan fingerprint density at radius 3 is 2.57 bits per heavy atom. The Hall–Kier alpha value is -2.47. The molecule has 28 heavy (non-hydrogen) atoms. The van der Waals surface area contributed by atoms with Gasteiger partial charge in [0.2, 0.25) is 0 Å². The monoisotopic (exact) mass is 395 g/mol. The lowest BCUT2D eigenvalue weighted by atomic mass is 10.0. The fourth-order valence-electron chi connectivity index (χ4n) is 3.58. The average molecular weight is 396 g/mol. The van der Waals surface area contributed by atoms with Crippen LogP contribution in [0.4, 0.5) is 0 Å². The predicted molar refractivity (Wildman–Crippen MR) is 112 cm³/mol. The Morgan fingerprint density at radius 1 is 1.25 bits per heavy atom. The van der Waals surface area contributed by atoms with E-state index in [0.717, 1.165) is 49.9 Å². The smallest absolute Gasteiger partial charge is 0.262 e. The quantitative estimate of drug-likeness (QED) is 0.632. The molecule has 0 bridgehead atoms. The number of aryl methyl sites for hydroxylation is 2. The third-order valence-electron chi connectivity index (χ3n) is 5.37. The van der Waals surface area contributed by atoms with Crippen LogP contribution in [-0.2, 0) is 0 Å². The number of rotatable bonds is 6. The van der Waals surface area contributed by atoms with Gasteiger partial charge < -0.3 is 10.1 Å². The lowest BCUT2D eigenvalue weighted by Gasteiger charge is -2.17. The third-order valence-corrected chi connectivity index (χ3v) is 6.55. The van der Waals surface area contributed by atoms with Crippen LogP contribution < -0.4 is 10.1 Å². The summed E-state index contributed by atoms with van der Waals surface area (Å²) in [7, 11) is 1.65. The van der Waals surface area contributed by atoms with Crippen LogP contribution in [0.5, 0.6) is 5.75 Å². The number of fused-ring (bicyclic) bond motifs is 1. The first-order valence-electron chi connectivity index (χ1n) is 9.74. The molecule has 4 rings (SSSR count). The SMILES string of the molecule is CCC(NC(=O)c1sc2nc(C3CC3)nc(C)c2c1C)c1ccc(OC)cc1. The number of hydrogen-bond acceptors (Lipinski definition) is 5. The Labute approximate surface area is 169 Å². The van der Waals surface area contributed by atoms with Gasteiger partial charge in [-0.1, -0.05) is 19.1 Å². The van der Waals surface area contributed by atoms with Crippen molar-refractivity contribution in [2.75, 3.05) is 7.11 Å². The van der Waals surface area contributed by atoms with Gasteiger partial charge in [0, 0.05) is 11.3 Å². The molecule has 3 aromatic rings. The van der Waals surface area contributed by atoms with Crippen LogP contribution in [0.15, 0.2) is 24.3 Å². The van der Waals surface area contributed by atoms with Crippen LogP contribution in [0, 0.1) is 13.8 Å². The van der Waals surface area contributed by atoms with E-state index in [4.69, 9.17) is 9.72 Å². The minimum Gasteiger partial charge on any atom is -0.497 e.